The van der Waals surface area contributed by atoms with Crippen LogP contribution in [-0.4, -0.2) is 42.6 Å². The summed E-state index contributed by atoms with van der Waals surface area (Å²) in [6, 6.07) is 15.7. The van der Waals surface area contributed by atoms with Crippen LogP contribution in [0.15, 0.2) is 48.5 Å². The summed E-state index contributed by atoms with van der Waals surface area (Å²) in [6.07, 6.45) is 2.18. The fourth-order valence-corrected chi connectivity index (χ4v) is 5.42. The highest BCUT2D eigenvalue weighted by Crippen LogP contribution is 2.33. The third-order valence-electron chi connectivity index (χ3n) is 5.98. The van der Waals surface area contributed by atoms with Crippen molar-refractivity contribution in [3.8, 4) is 0 Å². The molecule has 2 unspecified atom stereocenters. The van der Waals surface area contributed by atoms with Crippen molar-refractivity contribution in [1.82, 2.24) is 4.98 Å². The molecule has 7 heteroatoms. The summed E-state index contributed by atoms with van der Waals surface area (Å²) in [5, 5.41) is 0.687. The summed E-state index contributed by atoms with van der Waals surface area (Å²) >= 11 is 1.53. The number of aromatic nitrogens is 1. The molecule has 2 saturated heterocycles. The maximum absolute atomic E-state index is 13.7. The first-order valence-electron chi connectivity index (χ1n) is 10.7. The van der Waals surface area contributed by atoms with Crippen LogP contribution in [-0.2, 0) is 14.3 Å². The molecule has 2 aliphatic rings. The van der Waals surface area contributed by atoms with Gasteiger partial charge < -0.3 is 9.64 Å². The Morgan fingerprint density at radius 1 is 1.26 bits per heavy atom. The number of thiazole rings is 1. The van der Waals surface area contributed by atoms with Gasteiger partial charge in [0.2, 0.25) is 11.8 Å². The van der Waals surface area contributed by atoms with Crippen LogP contribution in [0.3, 0.4) is 0 Å². The van der Waals surface area contributed by atoms with E-state index in [-0.39, 0.29) is 30.3 Å². The van der Waals surface area contributed by atoms with Gasteiger partial charge in [-0.25, -0.2) is 4.98 Å². The van der Waals surface area contributed by atoms with Gasteiger partial charge in [0, 0.05) is 25.3 Å². The SMILES string of the molecule is Cc1ccc2nc(N(CC3CCCO3)C(=O)C3CC(=O)N(c4ccccc4)C3)sc2c1. The van der Waals surface area contributed by atoms with Crippen molar-refractivity contribution in [3.05, 3.63) is 54.1 Å². The molecule has 160 valence electrons. The summed E-state index contributed by atoms with van der Waals surface area (Å²) in [6.45, 7) is 3.66. The normalized spacial score (nSPS) is 21.2. The van der Waals surface area contributed by atoms with Crippen molar-refractivity contribution in [2.75, 3.05) is 29.5 Å². The van der Waals surface area contributed by atoms with Crippen molar-refractivity contribution >= 4 is 44.2 Å². The first-order valence-corrected chi connectivity index (χ1v) is 11.6. The van der Waals surface area contributed by atoms with Crippen molar-refractivity contribution in [2.24, 2.45) is 5.92 Å². The van der Waals surface area contributed by atoms with Gasteiger partial charge in [-0.1, -0.05) is 35.6 Å². The maximum Gasteiger partial charge on any atom is 0.234 e. The van der Waals surface area contributed by atoms with Gasteiger partial charge in [-0.3, -0.25) is 14.5 Å². The number of amides is 2. The van der Waals surface area contributed by atoms with Crippen molar-refractivity contribution in [3.63, 3.8) is 0 Å². The van der Waals surface area contributed by atoms with E-state index < -0.39 is 0 Å². The lowest BCUT2D eigenvalue weighted by molar-refractivity contribution is -0.124. The molecule has 0 saturated carbocycles. The first kappa shape index (κ1) is 20.2. The molecule has 6 nitrogen and oxygen atoms in total. The van der Waals surface area contributed by atoms with Crippen LogP contribution in [0.2, 0.25) is 0 Å². The summed E-state index contributed by atoms with van der Waals surface area (Å²) in [5.41, 5.74) is 2.90. The molecular formula is C24H25N3O3S. The zero-order valence-corrected chi connectivity index (χ0v) is 18.3. The van der Waals surface area contributed by atoms with Gasteiger partial charge in [-0.2, -0.15) is 0 Å². The Hall–Kier alpha value is -2.77. The number of anilines is 2. The largest absolute Gasteiger partial charge is 0.376 e. The highest BCUT2D eigenvalue weighted by Gasteiger charge is 2.39. The van der Waals surface area contributed by atoms with Crippen molar-refractivity contribution in [2.45, 2.75) is 32.3 Å². The molecule has 0 radical (unpaired) electrons. The zero-order valence-electron chi connectivity index (χ0n) is 17.5. The number of hydrogen-bond acceptors (Lipinski definition) is 5. The van der Waals surface area contributed by atoms with Crippen LogP contribution in [0, 0.1) is 12.8 Å². The molecule has 2 atom stereocenters. The van der Waals surface area contributed by atoms with Gasteiger partial charge in [-0.15, -0.1) is 0 Å². The molecule has 2 aliphatic heterocycles. The second kappa shape index (κ2) is 8.40. The quantitative estimate of drug-likeness (QED) is 0.603. The van der Waals surface area contributed by atoms with E-state index in [1.807, 2.05) is 42.5 Å². The minimum Gasteiger partial charge on any atom is -0.376 e. The zero-order chi connectivity index (χ0) is 21.4. The lowest BCUT2D eigenvalue weighted by Gasteiger charge is -2.25. The second-order valence-corrected chi connectivity index (χ2v) is 9.30. The summed E-state index contributed by atoms with van der Waals surface area (Å²) in [5.74, 6) is -0.442. The highest BCUT2D eigenvalue weighted by molar-refractivity contribution is 7.22. The summed E-state index contributed by atoms with van der Waals surface area (Å²) < 4.78 is 6.89. The van der Waals surface area contributed by atoms with E-state index >= 15 is 0 Å². The highest BCUT2D eigenvalue weighted by atomic mass is 32.1. The van der Waals surface area contributed by atoms with Gasteiger partial charge in [0.1, 0.15) is 0 Å². The van der Waals surface area contributed by atoms with E-state index in [0.717, 1.165) is 35.4 Å². The smallest absolute Gasteiger partial charge is 0.234 e. The van der Waals surface area contributed by atoms with Gasteiger partial charge in [0.15, 0.2) is 5.13 Å². The van der Waals surface area contributed by atoms with Crippen LogP contribution in [0.5, 0.6) is 0 Å². The molecule has 3 aromatic rings. The number of ether oxygens (including phenoxy) is 1. The molecule has 0 aliphatic carbocycles. The van der Waals surface area contributed by atoms with E-state index in [2.05, 4.69) is 13.0 Å². The lowest BCUT2D eigenvalue weighted by Crippen LogP contribution is -2.42. The van der Waals surface area contributed by atoms with Crippen LogP contribution < -0.4 is 9.80 Å². The molecule has 0 spiro atoms. The standard InChI is InChI=1S/C24H25N3O3S/c1-16-9-10-20-21(12-16)31-24(25-20)27(15-19-8-5-11-30-19)23(29)17-13-22(28)26(14-17)18-6-3-2-4-7-18/h2-4,6-7,9-10,12,17,19H,5,8,11,13-15H2,1H3. The number of rotatable bonds is 5. The molecule has 0 N–H and O–H groups in total. The van der Waals surface area contributed by atoms with Gasteiger partial charge in [0.25, 0.3) is 0 Å². The van der Waals surface area contributed by atoms with Crippen LogP contribution in [0.1, 0.15) is 24.8 Å². The number of para-hydroxylation sites is 1. The number of carbonyl (C=O) groups excluding carboxylic acids is 2. The molecular weight excluding hydrogens is 410 g/mol. The monoisotopic (exact) mass is 435 g/mol. The number of hydrogen-bond donors (Lipinski definition) is 0. The molecule has 0 bridgehead atoms. The molecule has 5 rings (SSSR count). The third-order valence-corrected chi connectivity index (χ3v) is 7.02. The van der Waals surface area contributed by atoms with E-state index in [1.54, 1.807) is 9.80 Å². The maximum atomic E-state index is 13.7. The Morgan fingerprint density at radius 3 is 2.87 bits per heavy atom. The molecule has 2 fully saturated rings. The van der Waals surface area contributed by atoms with Crippen LogP contribution >= 0.6 is 11.3 Å². The third kappa shape index (κ3) is 4.07. The first-order chi connectivity index (χ1) is 15.1. The van der Waals surface area contributed by atoms with E-state index in [1.165, 1.54) is 16.9 Å². The van der Waals surface area contributed by atoms with Crippen LogP contribution in [0.25, 0.3) is 10.2 Å². The van der Waals surface area contributed by atoms with Crippen molar-refractivity contribution in [1.29, 1.82) is 0 Å². The Labute approximate surface area is 185 Å². The van der Waals surface area contributed by atoms with Crippen LogP contribution in [0.4, 0.5) is 10.8 Å². The van der Waals surface area contributed by atoms with E-state index in [9.17, 15) is 9.59 Å². The molecule has 31 heavy (non-hydrogen) atoms. The average Bonchev–Trinajstić information content (AvgIpc) is 3.51. The fraction of sp³-hybridized carbons (Fsp3) is 0.375. The Balaban J connectivity index is 1.43. The van der Waals surface area contributed by atoms with Crippen molar-refractivity contribution < 1.29 is 14.3 Å². The van der Waals surface area contributed by atoms with Gasteiger partial charge in [-0.05, 0) is 49.6 Å². The minimum atomic E-state index is -0.386. The fourth-order valence-electron chi connectivity index (χ4n) is 4.34. The molecule has 3 heterocycles. The molecule has 2 aromatic carbocycles. The van der Waals surface area contributed by atoms with Gasteiger partial charge in [0.05, 0.1) is 28.8 Å². The predicted molar refractivity (Wildman–Crippen MR) is 123 cm³/mol. The Kier molecular flexibility index (Phi) is 5.46. The Bertz CT molecular complexity index is 1110. The number of fused-ring (bicyclic) bond motifs is 1. The summed E-state index contributed by atoms with van der Waals surface area (Å²) in [4.78, 5) is 34.6. The van der Waals surface area contributed by atoms with E-state index in [4.69, 9.17) is 9.72 Å². The number of carbonyl (C=O) groups is 2. The molecule has 2 amide bonds. The number of benzene rings is 2. The lowest BCUT2D eigenvalue weighted by atomic mass is 10.1. The summed E-state index contributed by atoms with van der Waals surface area (Å²) in [7, 11) is 0. The van der Waals surface area contributed by atoms with Gasteiger partial charge >= 0.3 is 0 Å². The predicted octanol–water partition coefficient (Wildman–Crippen LogP) is 4.17. The number of aryl methyl sites for hydroxylation is 1. The number of nitrogens with zero attached hydrogens (tertiary/aromatic N) is 3. The second-order valence-electron chi connectivity index (χ2n) is 8.29. The minimum absolute atomic E-state index is 0.0125. The van der Waals surface area contributed by atoms with E-state index in [0.29, 0.717) is 18.2 Å². The Morgan fingerprint density at radius 2 is 2.10 bits per heavy atom. The molecule has 1 aromatic heterocycles. The average molecular weight is 436 g/mol. The topological polar surface area (TPSA) is 62.7 Å².